The van der Waals surface area contributed by atoms with Gasteiger partial charge < -0.3 is 0 Å². The van der Waals surface area contributed by atoms with Crippen LogP contribution in [0.4, 0.5) is 5.69 Å². The molecule has 2 aromatic rings. The van der Waals surface area contributed by atoms with Gasteiger partial charge in [-0.05, 0) is 40.3 Å². The zero-order chi connectivity index (χ0) is 9.97. The zero-order valence-electron chi connectivity index (χ0n) is 6.94. The second-order valence-electron chi connectivity index (χ2n) is 2.53. The van der Waals surface area contributed by atoms with E-state index in [0.717, 1.165) is 15.5 Å². The topological polar surface area (TPSA) is 38.1 Å². The average Bonchev–Trinajstić information content (AvgIpc) is 2.23. The highest BCUT2D eigenvalue weighted by Crippen LogP contribution is 2.30. The van der Waals surface area contributed by atoms with E-state index in [1.54, 1.807) is 12.4 Å². The van der Waals surface area contributed by atoms with E-state index in [1.165, 1.54) is 0 Å². The maximum atomic E-state index is 4.54. The molecule has 14 heavy (non-hydrogen) atoms. The Kier molecular flexibility index (Phi) is 2.63. The Morgan fingerprint density at radius 3 is 2.93 bits per heavy atom. The molecule has 0 atom stereocenters. The van der Waals surface area contributed by atoms with Gasteiger partial charge in [0, 0.05) is 12.4 Å². The van der Waals surface area contributed by atoms with Gasteiger partial charge in [-0.1, -0.05) is 0 Å². The normalized spacial score (nSPS) is 9.79. The Hall–Kier alpha value is -1.16. The molecule has 0 aliphatic carbocycles. The van der Waals surface area contributed by atoms with E-state index < -0.39 is 0 Å². The summed E-state index contributed by atoms with van der Waals surface area (Å²) < 4.78 is 0.792. The van der Waals surface area contributed by atoms with E-state index >= 15 is 0 Å². The lowest BCUT2D eigenvalue weighted by atomic mass is 10.3. The molecular formula is C9H4BrN3S. The van der Waals surface area contributed by atoms with Crippen molar-refractivity contribution in [1.82, 2.24) is 9.97 Å². The molecule has 0 amide bonds. The molecule has 3 nitrogen and oxygen atoms in total. The molecular weight excluding hydrogens is 266 g/mol. The van der Waals surface area contributed by atoms with Crippen LogP contribution in [0, 0.1) is 0 Å². The van der Waals surface area contributed by atoms with Gasteiger partial charge in [0.05, 0.1) is 20.8 Å². The van der Waals surface area contributed by atoms with E-state index in [0.29, 0.717) is 5.69 Å². The molecule has 0 aliphatic heterocycles. The smallest absolute Gasteiger partial charge is 0.105 e. The number of thiocarbonyl (C=S) groups is 1. The summed E-state index contributed by atoms with van der Waals surface area (Å²) in [7, 11) is 0. The van der Waals surface area contributed by atoms with Gasteiger partial charge in [0.15, 0.2) is 0 Å². The highest BCUT2D eigenvalue weighted by molar-refractivity contribution is 9.10. The molecule has 0 unspecified atom stereocenters. The fourth-order valence-electron chi connectivity index (χ4n) is 1.13. The average molecular weight is 270 g/mol. The number of halogens is 1. The van der Waals surface area contributed by atoms with Crippen molar-refractivity contribution in [3.63, 3.8) is 0 Å². The highest BCUT2D eigenvalue weighted by atomic mass is 79.9. The van der Waals surface area contributed by atoms with Crippen LogP contribution in [0.25, 0.3) is 11.0 Å². The van der Waals surface area contributed by atoms with Gasteiger partial charge in [-0.25, -0.2) is 0 Å². The van der Waals surface area contributed by atoms with Crippen molar-refractivity contribution in [2.75, 3.05) is 0 Å². The number of aromatic nitrogens is 2. The minimum absolute atomic E-state index is 0.716. The van der Waals surface area contributed by atoms with Crippen LogP contribution in [0.1, 0.15) is 0 Å². The summed E-state index contributed by atoms with van der Waals surface area (Å²) in [6.07, 6.45) is 3.29. The van der Waals surface area contributed by atoms with Crippen LogP contribution in [-0.2, 0) is 0 Å². The Morgan fingerprint density at radius 2 is 2.14 bits per heavy atom. The maximum Gasteiger partial charge on any atom is 0.105 e. The Morgan fingerprint density at radius 1 is 1.36 bits per heavy atom. The first-order valence-electron chi connectivity index (χ1n) is 3.80. The summed E-state index contributed by atoms with van der Waals surface area (Å²) in [6.45, 7) is 0. The molecule has 0 saturated carbocycles. The van der Waals surface area contributed by atoms with Crippen LogP contribution in [-0.4, -0.2) is 15.1 Å². The van der Waals surface area contributed by atoms with E-state index in [4.69, 9.17) is 0 Å². The van der Waals surface area contributed by atoms with Crippen molar-refractivity contribution in [3.05, 3.63) is 29.0 Å². The van der Waals surface area contributed by atoms with Crippen LogP contribution in [0.5, 0.6) is 0 Å². The predicted molar refractivity (Wildman–Crippen MR) is 61.9 cm³/mol. The van der Waals surface area contributed by atoms with Crippen LogP contribution >= 0.6 is 28.1 Å². The zero-order valence-corrected chi connectivity index (χ0v) is 9.34. The van der Waals surface area contributed by atoms with Crippen molar-refractivity contribution in [2.24, 2.45) is 4.99 Å². The molecule has 0 N–H and O–H groups in total. The van der Waals surface area contributed by atoms with E-state index in [1.807, 2.05) is 12.1 Å². The lowest BCUT2D eigenvalue weighted by Gasteiger charge is -2.00. The molecule has 68 valence electrons. The molecule has 5 heteroatoms. The Labute approximate surface area is 94.0 Å². The Balaban J connectivity index is 2.81. The first-order chi connectivity index (χ1) is 6.83. The molecule has 0 spiro atoms. The molecule has 1 aromatic heterocycles. The van der Waals surface area contributed by atoms with Gasteiger partial charge in [0.25, 0.3) is 0 Å². The fourth-order valence-corrected chi connectivity index (χ4v) is 1.75. The summed E-state index contributed by atoms with van der Waals surface area (Å²) in [5.41, 5.74) is 2.31. The lowest BCUT2D eigenvalue weighted by Crippen LogP contribution is -1.83. The number of benzene rings is 1. The number of aliphatic imine (C=N–C) groups is 1. The molecule has 0 aliphatic rings. The van der Waals surface area contributed by atoms with Crippen molar-refractivity contribution in [2.45, 2.75) is 0 Å². The fraction of sp³-hybridized carbons (Fsp3) is 0. The monoisotopic (exact) mass is 269 g/mol. The minimum Gasteiger partial charge on any atom is -0.253 e. The summed E-state index contributed by atoms with van der Waals surface area (Å²) >= 11 is 7.94. The predicted octanol–water partition coefficient (Wildman–Crippen LogP) is 3.13. The summed E-state index contributed by atoms with van der Waals surface area (Å²) in [5, 5.41) is 2.32. The molecule has 0 fully saturated rings. The van der Waals surface area contributed by atoms with Crippen molar-refractivity contribution in [3.8, 4) is 0 Å². The number of nitrogens with zero attached hydrogens (tertiary/aromatic N) is 3. The van der Waals surface area contributed by atoms with E-state index in [2.05, 4.69) is 48.3 Å². The third-order valence-electron chi connectivity index (χ3n) is 1.72. The third-order valence-corrected chi connectivity index (χ3v) is 2.60. The molecule has 0 radical (unpaired) electrons. The lowest BCUT2D eigenvalue weighted by molar-refractivity contribution is 1.28. The summed E-state index contributed by atoms with van der Waals surface area (Å²) in [6, 6.07) is 3.67. The third kappa shape index (κ3) is 1.57. The highest BCUT2D eigenvalue weighted by Gasteiger charge is 2.04. The van der Waals surface area contributed by atoms with E-state index in [-0.39, 0.29) is 0 Å². The molecule has 1 aromatic carbocycles. The summed E-state index contributed by atoms with van der Waals surface area (Å²) in [5.74, 6) is 0. The van der Waals surface area contributed by atoms with Crippen LogP contribution in [0.3, 0.4) is 0 Å². The van der Waals surface area contributed by atoms with Gasteiger partial charge in [0.2, 0.25) is 0 Å². The van der Waals surface area contributed by atoms with E-state index in [9.17, 15) is 0 Å². The van der Waals surface area contributed by atoms with Gasteiger partial charge >= 0.3 is 0 Å². The van der Waals surface area contributed by atoms with Crippen molar-refractivity contribution >= 4 is 50.0 Å². The molecule has 1 heterocycles. The number of isothiocyanates is 1. The number of rotatable bonds is 1. The SMILES string of the molecule is S=C=Nc1ccc2n[14cH][14cH]nc2c1Br. The van der Waals surface area contributed by atoms with Crippen LogP contribution < -0.4 is 0 Å². The standard InChI is InChI=1S/C9H4BrN3S/c10-8-6(13-5-14)1-2-7-9(8)12-4-3-11-7/h1-4H/i3+2,4+2. The first-order valence-corrected chi connectivity index (χ1v) is 5.00. The van der Waals surface area contributed by atoms with Crippen molar-refractivity contribution < 1.29 is 0 Å². The second kappa shape index (κ2) is 3.92. The molecule has 0 saturated heterocycles. The number of fused-ring (bicyclic) bond motifs is 1. The Bertz CT molecular complexity index is 535. The van der Waals surface area contributed by atoms with Gasteiger partial charge in [-0.2, -0.15) is 4.99 Å². The molecule has 0 bridgehead atoms. The van der Waals surface area contributed by atoms with Crippen LogP contribution in [0.15, 0.2) is 34.0 Å². The minimum atomic E-state index is 0.716. The largest absolute Gasteiger partial charge is 0.253 e. The quantitative estimate of drug-likeness (QED) is 0.590. The van der Waals surface area contributed by atoms with Gasteiger partial charge in [0.1, 0.15) is 5.52 Å². The maximum absolute atomic E-state index is 4.54. The number of hydrogen-bond donors (Lipinski definition) is 0. The summed E-state index contributed by atoms with van der Waals surface area (Å²) in [4.78, 5) is 12.3. The number of hydrogen-bond acceptors (Lipinski definition) is 4. The first kappa shape index (κ1) is 9.40. The van der Waals surface area contributed by atoms with Crippen molar-refractivity contribution in [1.29, 1.82) is 0 Å². The van der Waals surface area contributed by atoms with Gasteiger partial charge in [-0.3, -0.25) is 9.97 Å². The molecule has 2 rings (SSSR count). The second-order valence-corrected chi connectivity index (χ2v) is 3.50. The van der Waals surface area contributed by atoms with Crippen LogP contribution in [0.2, 0.25) is 0 Å². The van der Waals surface area contributed by atoms with Gasteiger partial charge in [-0.15, -0.1) is 0 Å².